The van der Waals surface area contributed by atoms with Crippen LogP contribution in [-0.4, -0.2) is 15.3 Å². The molecule has 6 nitrogen and oxygen atoms in total. The van der Waals surface area contributed by atoms with E-state index in [1.165, 1.54) is 6.07 Å². The molecule has 0 radical (unpaired) electrons. The highest BCUT2D eigenvalue weighted by Gasteiger charge is 2.22. The monoisotopic (exact) mass is 386 g/mol. The number of para-hydroxylation sites is 2. The van der Waals surface area contributed by atoms with Crippen molar-refractivity contribution in [3.63, 3.8) is 0 Å². The molecular formula is C23H14O6. The number of fused-ring (bicyclic) bond motifs is 2. The van der Waals surface area contributed by atoms with Gasteiger partial charge in [0.15, 0.2) is 11.5 Å². The first-order chi connectivity index (χ1) is 14.0. The van der Waals surface area contributed by atoms with Crippen LogP contribution in [0, 0.1) is 0 Å². The van der Waals surface area contributed by atoms with Gasteiger partial charge in [-0.15, -0.1) is 0 Å². The van der Waals surface area contributed by atoms with Crippen LogP contribution in [0.3, 0.4) is 0 Å². The lowest BCUT2D eigenvalue weighted by Crippen LogP contribution is -1.96. The second kappa shape index (κ2) is 6.17. The molecule has 2 aromatic heterocycles. The summed E-state index contributed by atoms with van der Waals surface area (Å²) in [6.07, 6.45) is 0. The first kappa shape index (κ1) is 16.9. The summed E-state index contributed by atoms with van der Waals surface area (Å²) in [7, 11) is 0. The quantitative estimate of drug-likeness (QED) is 0.395. The van der Waals surface area contributed by atoms with Crippen LogP contribution in [0.4, 0.5) is 0 Å². The van der Waals surface area contributed by atoms with Gasteiger partial charge in [0.25, 0.3) is 5.43 Å². The number of hydrogen-bond donors (Lipinski definition) is 3. The highest BCUT2D eigenvalue weighted by Crippen LogP contribution is 2.42. The molecule has 29 heavy (non-hydrogen) atoms. The zero-order chi connectivity index (χ0) is 20.1. The Morgan fingerprint density at radius 2 is 1.07 bits per heavy atom. The third-order valence-corrected chi connectivity index (χ3v) is 4.84. The molecule has 3 N–H and O–H groups in total. The highest BCUT2D eigenvalue weighted by molar-refractivity contribution is 5.88. The largest absolute Gasteiger partial charge is 0.504 e. The van der Waals surface area contributed by atoms with Gasteiger partial charge >= 0.3 is 0 Å². The fraction of sp³-hybridized carbons (Fsp3) is 0. The highest BCUT2D eigenvalue weighted by atomic mass is 16.3. The Kier molecular flexibility index (Phi) is 3.61. The fourth-order valence-corrected chi connectivity index (χ4v) is 3.36. The second-order valence-electron chi connectivity index (χ2n) is 6.64. The molecule has 0 saturated carbocycles. The van der Waals surface area contributed by atoms with Gasteiger partial charge in [0, 0.05) is 10.8 Å². The van der Waals surface area contributed by atoms with Crippen molar-refractivity contribution in [2.24, 2.45) is 0 Å². The average molecular weight is 386 g/mol. The van der Waals surface area contributed by atoms with Crippen LogP contribution in [0.1, 0.15) is 0 Å². The van der Waals surface area contributed by atoms with Crippen LogP contribution in [-0.2, 0) is 0 Å². The summed E-state index contributed by atoms with van der Waals surface area (Å²) >= 11 is 0. The van der Waals surface area contributed by atoms with Crippen molar-refractivity contribution < 1.29 is 24.2 Å². The summed E-state index contributed by atoms with van der Waals surface area (Å²) in [5.41, 5.74) is 0.105. The molecule has 0 aliphatic rings. The molecule has 0 aliphatic carbocycles. The SMILES string of the molecule is O=c1c(O)c(-c2cc3ccccc3o2)cc(-c2cc3ccccc3o2)c(O)c1O. The van der Waals surface area contributed by atoms with Gasteiger partial charge in [0.05, 0.1) is 11.1 Å². The van der Waals surface area contributed by atoms with E-state index in [1.54, 1.807) is 36.4 Å². The lowest BCUT2D eigenvalue weighted by molar-refractivity contribution is 0.396. The van der Waals surface area contributed by atoms with Gasteiger partial charge in [0.1, 0.15) is 22.7 Å². The Morgan fingerprint density at radius 1 is 0.586 bits per heavy atom. The molecule has 0 spiro atoms. The molecule has 0 atom stereocenters. The minimum atomic E-state index is -1.11. The van der Waals surface area contributed by atoms with Crippen molar-refractivity contribution in [2.45, 2.75) is 0 Å². The predicted molar refractivity (Wildman–Crippen MR) is 108 cm³/mol. The van der Waals surface area contributed by atoms with E-state index >= 15 is 0 Å². The van der Waals surface area contributed by atoms with Crippen molar-refractivity contribution >= 4 is 21.9 Å². The fourth-order valence-electron chi connectivity index (χ4n) is 3.36. The Hall–Kier alpha value is -4.19. The maximum absolute atomic E-state index is 12.4. The number of hydrogen-bond acceptors (Lipinski definition) is 6. The van der Waals surface area contributed by atoms with Crippen LogP contribution in [0.15, 0.2) is 80.4 Å². The molecule has 5 rings (SSSR count). The van der Waals surface area contributed by atoms with Gasteiger partial charge in [-0.1, -0.05) is 36.4 Å². The Bertz CT molecular complexity index is 1390. The summed E-state index contributed by atoms with van der Waals surface area (Å²) in [6, 6.07) is 19.2. The van der Waals surface area contributed by atoms with Gasteiger partial charge in [-0.2, -0.15) is 0 Å². The van der Waals surface area contributed by atoms with Crippen LogP contribution in [0.2, 0.25) is 0 Å². The molecule has 0 fully saturated rings. The van der Waals surface area contributed by atoms with E-state index < -0.39 is 22.7 Å². The summed E-state index contributed by atoms with van der Waals surface area (Å²) < 4.78 is 11.5. The Morgan fingerprint density at radius 3 is 1.59 bits per heavy atom. The lowest BCUT2D eigenvalue weighted by atomic mass is 10.1. The molecule has 3 aromatic carbocycles. The Labute approximate surface area is 163 Å². The van der Waals surface area contributed by atoms with Gasteiger partial charge in [-0.3, -0.25) is 4.79 Å². The second-order valence-corrected chi connectivity index (χ2v) is 6.64. The topological polar surface area (TPSA) is 104 Å². The number of benzene rings is 2. The maximum Gasteiger partial charge on any atom is 0.266 e. The lowest BCUT2D eigenvalue weighted by Gasteiger charge is -1.99. The summed E-state index contributed by atoms with van der Waals surface area (Å²) in [5, 5.41) is 32.7. The molecule has 142 valence electrons. The first-order valence-electron chi connectivity index (χ1n) is 8.83. The first-order valence-corrected chi connectivity index (χ1v) is 8.83. The van der Waals surface area contributed by atoms with Gasteiger partial charge < -0.3 is 24.2 Å². The number of furan rings is 2. The van der Waals surface area contributed by atoms with E-state index in [-0.39, 0.29) is 22.6 Å². The van der Waals surface area contributed by atoms with Gasteiger partial charge in [-0.25, -0.2) is 0 Å². The number of aromatic hydroxyl groups is 3. The van der Waals surface area contributed by atoms with Crippen LogP contribution < -0.4 is 5.43 Å². The summed E-state index contributed by atoms with van der Waals surface area (Å²) in [4.78, 5) is 12.4. The molecular weight excluding hydrogens is 372 g/mol. The summed E-state index contributed by atoms with van der Waals surface area (Å²) in [5.74, 6) is -1.95. The molecule has 0 amide bonds. The standard InChI is InChI=1S/C23H14O6/c24-20-14(18-9-12-5-1-3-7-16(12)28-18)11-15(21(25)23(27)22(20)26)19-10-13-6-2-4-8-17(13)29-19/h1-11H,(H3,24,25,26,27). The molecule has 6 heteroatoms. The van der Waals surface area contributed by atoms with E-state index in [2.05, 4.69) is 0 Å². The molecule has 0 aliphatic heterocycles. The third kappa shape index (κ3) is 2.62. The van der Waals surface area contributed by atoms with E-state index in [0.29, 0.717) is 11.2 Å². The van der Waals surface area contributed by atoms with Crippen molar-refractivity contribution in [1.29, 1.82) is 0 Å². The van der Waals surface area contributed by atoms with Crippen LogP contribution >= 0.6 is 0 Å². The maximum atomic E-state index is 12.4. The number of rotatable bonds is 2. The minimum Gasteiger partial charge on any atom is -0.504 e. The van der Waals surface area contributed by atoms with Crippen molar-refractivity contribution in [2.75, 3.05) is 0 Å². The van der Waals surface area contributed by atoms with E-state index in [9.17, 15) is 20.1 Å². The molecule has 0 saturated heterocycles. The molecule has 0 bridgehead atoms. The minimum absolute atomic E-state index is 0.0252. The average Bonchev–Trinajstić information content (AvgIpc) is 3.34. The van der Waals surface area contributed by atoms with Crippen LogP contribution in [0.5, 0.6) is 17.2 Å². The predicted octanol–water partition coefficient (Wildman–Crippen LogP) is 4.99. The zero-order valence-corrected chi connectivity index (χ0v) is 14.9. The summed E-state index contributed by atoms with van der Waals surface area (Å²) in [6.45, 7) is 0. The van der Waals surface area contributed by atoms with E-state index in [0.717, 1.165) is 10.8 Å². The zero-order valence-electron chi connectivity index (χ0n) is 14.9. The normalized spacial score (nSPS) is 11.3. The van der Waals surface area contributed by atoms with Crippen molar-refractivity contribution in [3.05, 3.63) is 77.0 Å². The Balaban J connectivity index is 1.84. The smallest absolute Gasteiger partial charge is 0.266 e. The third-order valence-electron chi connectivity index (χ3n) is 4.84. The molecule has 2 heterocycles. The van der Waals surface area contributed by atoms with Crippen LogP contribution in [0.25, 0.3) is 44.6 Å². The molecule has 0 unspecified atom stereocenters. The van der Waals surface area contributed by atoms with E-state index in [4.69, 9.17) is 8.83 Å². The van der Waals surface area contributed by atoms with Crippen molar-refractivity contribution in [3.8, 4) is 39.9 Å². The van der Waals surface area contributed by atoms with Gasteiger partial charge in [-0.05, 0) is 30.3 Å². The molecule has 5 aromatic rings. The van der Waals surface area contributed by atoms with Gasteiger partial charge in [0.2, 0.25) is 5.75 Å². The van der Waals surface area contributed by atoms with E-state index in [1.807, 2.05) is 24.3 Å². The van der Waals surface area contributed by atoms with Crippen molar-refractivity contribution in [1.82, 2.24) is 0 Å².